The Labute approximate surface area is 95.4 Å². The first kappa shape index (κ1) is 11.4. The van der Waals surface area contributed by atoms with E-state index in [1.807, 2.05) is 0 Å². The molecule has 0 aliphatic heterocycles. The zero-order chi connectivity index (χ0) is 10.7. The molecule has 1 aromatic carbocycles. The molecular weight excluding hydrogens is 267 g/mol. The van der Waals surface area contributed by atoms with Crippen LogP contribution in [0.5, 0.6) is 0 Å². The molecule has 4 heteroatoms. The third-order valence-electron chi connectivity index (χ3n) is 1.76. The Morgan fingerprint density at radius 2 is 2.21 bits per heavy atom. The Morgan fingerprint density at radius 3 is 2.64 bits per heavy atom. The molecule has 0 heterocycles. The highest BCUT2D eigenvalue weighted by atomic mass is 79.9. The van der Waals surface area contributed by atoms with E-state index in [1.165, 1.54) is 6.07 Å². The summed E-state index contributed by atoms with van der Waals surface area (Å²) in [6.07, 6.45) is 0.692. The van der Waals surface area contributed by atoms with Crippen molar-refractivity contribution in [1.29, 1.82) is 0 Å². The number of hydrogen-bond donors (Lipinski definition) is 0. The van der Waals surface area contributed by atoms with Crippen LogP contribution in [-0.4, -0.2) is 16.9 Å². The summed E-state index contributed by atoms with van der Waals surface area (Å²) >= 11 is 9.02. The molecule has 1 unspecified atom stereocenters. The Kier molecular flexibility index (Phi) is 3.84. The van der Waals surface area contributed by atoms with Crippen molar-refractivity contribution in [1.82, 2.24) is 0 Å². The monoisotopic (exact) mass is 274 g/mol. The minimum absolute atomic E-state index is 0.0903. The van der Waals surface area contributed by atoms with E-state index in [1.54, 1.807) is 19.1 Å². The third kappa shape index (κ3) is 2.42. The summed E-state index contributed by atoms with van der Waals surface area (Å²) in [5.74, 6) is -0.0903. The molecule has 0 amide bonds. The second-order valence-corrected chi connectivity index (χ2v) is 4.62. The van der Waals surface area contributed by atoms with Crippen molar-refractivity contribution in [3.8, 4) is 0 Å². The van der Waals surface area contributed by atoms with Gasteiger partial charge in [0.25, 0.3) is 0 Å². The van der Waals surface area contributed by atoms with Crippen LogP contribution in [0.1, 0.15) is 27.6 Å². The van der Waals surface area contributed by atoms with Crippen LogP contribution in [0.3, 0.4) is 0 Å². The lowest BCUT2D eigenvalue weighted by atomic mass is 10.1. The van der Waals surface area contributed by atoms with Crippen LogP contribution in [0.2, 0.25) is 5.02 Å². The maximum absolute atomic E-state index is 11.5. The van der Waals surface area contributed by atoms with Crippen molar-refractivity contribution in [2.24, 2.45) is 0 Å². The topological polar surface area (TPSA) is 34.1 Å². The molecule has 0 spiro atoms. The normalized spacial score (nSPS) is 12.2. The van der Waals surface area contributed by atoms with Gasteiger partial charge in [0, 0.05) is 11.1 Å². The summed E-state index contributed by atoms with van der Waals surface area (Å²) in [6.45, 7) is 1.73. The summed E-state index contributed by atoms with van der Waals surface area (Å²) < 4.78 is 0. The van der Waals surface area contributed by atoms with E-state index in [0.29, 0.717) is 22.4 Å². The minimum Gasteiger partial charge on any atom is -0.298 e. The minimum atomic E-state index is -0.276. The van der Waals surface area contributed by atoms with Crippen molar-refractivity contribution >= 4 is 39.6 Å². The third-order valence-corrected chi connectivity index (χ3v) is 2.48. The Morgan fingerprint density at radius 1 is 1.57 bits per heavy atom. The lowest BCUT2D eigenvalue weighted by Gasteiger charge is -2.05. The van der Waals surface area contributed by atoms with Crippen LogP contribution in [0.25, 0.3) is 0 Å². The maximum Gasteiger partial charge on any atom is 0.177 e. The van der Waals surface area contributed by atoms with Crippen molar-refractivity contribution in [2.75, 3.05) is 0 Å². The van der Waals surface area contributed by atoms with Gasteiger partial charge in [0.1, 0.15) is 6.29 Å². The standard InChI is InChI=1S/C10H8BrClO2/c1-6(11)10(14)8-3-2-7(5-13)4-9(8)12/h2-6H,1H3. The zero-order valence-corrected chi connectivity index (χ0v) is 9.80. The molecule has 0 aromatic heterocycles. The molecule has 0 saturated heterocycles. The van der Waals surface area contributed by atoms with E-state index >= 15 is 0 Å². The summed E-state index contributed by atoms with van der Waals surface area (Å²) in [5, 5.41) is 0.311. The van der Waals surface area contributed by atoms with E-state index in [-0.39, 0.29) is 10.6 Å². The fraction of sp³-hybridized carbons (Fsp3) is 0.200. The number of benzene rings is 1. The summed E-state index contributed by atoms with van der Waals surface area (Å²) in [6, 6.07) is 4.62. The SMILES string of the molecule is CC(Br)C(=O)c1ccc(C=O)cc1Cl. The van der Waals surface area contributed by atoms with Gasteiger partial charge in [-0.3, -0.25) is 9.59 Å². The van der Waals surface area contributed by atoms with Crippen LogP contribution < -0.4 is 0 Å². The van der Waals surface area contributed by atoms with Gasteiger partial charge in [0.05, 0.1) is 9.85 Å². The Balaban J connectivity index is 3.12. The van der Waals surface area contributed by atoms with Gasteiger partial charge < -0.3 is 0 Å². The summed E-state index contributed by atoms with van der Waals surface area (Å²) in [7, 11) is 0. The quantitative estimate of drug-likeness (QED) is 0.482. The number of aldehydes is 1. The number of carbonyl (C=O) groups is 2. The van der Waals surface area contributed by atoms with Crippen molar-refractivity contribution < 1.29 is 9.59 Å². The molecule has 1 rings (SSSR count). The first-order valence-corrected chi connectivity index (χ1v) is 5.28. The van der Waals surface area contributed by atoms with Crippen LogP contribution in [0, 0.1) is 0 Å². The highest BCUT2D eigenvalue weighted by molar-refractivity contribution is 9.10. The van der Waals surface area contributed by atoms with Crippen molar-refractivity contribution in [3.63, 3.8) is 0 Å². The van der Waals surface area contributed by atoms with Gasteiger partial charge in [-0.25, -0.2) is 0 Å². The summed E-state index contributed by atoms with van der Waals surface area (Å²) in [4.78, 5) is 21.7. The molecule has 1 aromatic rings. The van der Waals surface area contributed by atoms with E-state index in [9.17, 15) is 9.59 Å². The molecule has 14 heavy (non-hydrogen) atoms. The van der Waals surface area contributed by atoms with Crippen LogP contribution in [0.4, 0.5) is 0 Å². The smallest absolute Gasteiger partial charge is 0.177 e. The molecule has 0 radical (unpaired) electrons. The largest absolute Gasteiger partial charge is 0.298 e. The van der Waals surface area contributed by atoms with Crippen molar-refractivity contribution in [2.45, 2.75) is 11.8 Å². The van der Waals surface area contributed by atoms with Gasteiger partial charge in [0.15, 0.2) is 5.78 Å². The Bertz CT molecular complexity index is 374. The van der Waals surface area contributed by atoms with Gasteiger partial charge in [-0.05, 0) is 19.1 Å². The maximum atomic E-state index is 11.5. The highest BCUT2D eigenvalue weighted by Crippen LogP contribution is 2.20. The fourth-order valence-corrected chi connectivity index (χ4v) is 1.55. The van der Waals surface area contributed by atoms with Crippen LogP contribution in [0.15, 0.2) is 18.2 Å². The van der Waals surface area contributed by atoms with E-state index in [2.05, 4.69) is 15.9 Å². The first-order valence-electron chi connectivity index (χ1n) is 3.99. The van der Waals surface area contributed by atoms with E-state index < -0.39 is 0 Å². The number of hydrogen-bond acceptors (Lipinski definition) is 2. The predicted octanol–water partition coefficient (Wildman–Crippen LogP) is 3.12. The highest BCUT2D eigenvalue weighted by Gasteiger charge is 2.15. The molecular formula is C10H8BrClO2. The van der Waals surface area contributed by atoms with Gasteiger partial charge in [-0.1, -0.05) is 33.6 Å². The average molecular weight is 276 g/mol. The number of Topliss-reactive ketones (excluding diaryl/α,β-unsaturated/α-hetero) is 1. The van der Waals surface area contributed by atoms with Gasteiger partial charge in [-0.15, -0.1) is 0 Å². The fourth-order valence-electron chi connectivity index (χ4n) is 1.02. The molecule has 2 nitrogen and oxygen atoms in total. The molecule has 0 aliphatic rings. The number of carbonyl (C=O) groups excluding carboxylic acids is 2. The molecule has 0 saturated carbocycles. The van der Waals surface area contributed by atoms with E-state index in [4.69, 9.17) is 11.6 Å². The lowest BCUT2D eigenvalue weighted by Crippen LogP contribution is -2.10. The average Bonchev–Trinajstić information content (AvgIpc) is 2.16. The molecule has 0 bridgehead atoms. The van der Waals surface area contributed by atoms with Gasteiger partial charge in [-0.2, -0.15) is 0 Å². The second kappa shape index (κ2) is 4.71. The predicted molar refractivity (Wildman–Crippen MR) is 59.6 cm³/mol. The molecule has 0 aliphatic carbocycles. The van der Waals surface area contributed by atoms with Crippen molar-refractivity contribution in [3.05, 3.63) is 34.3 Å². The number of ketones is 1. The van der Waals surface area contributed by atoms with Gasteiger partial charge >= 0.3 is 0 Å². The van der Waals surface area contributed by atoms with Crippen LogP contribution >= 0.6 is 27.5 Å². The lowest BCUT2D eigenvalue weighted by molar-refractivity contribution is 0.0995. The first-order chi connectivity index (χ1) is 6.56. The van der Waals surface area contributed by atoms with Gasteiger partial charge in [0.2, 0.25) is 0 Å². The number of alkyl halides is 1. The molecule has 0 fully saturated rings. The Hall–Kier alpha value is -0.670. The zero-order valence-electron chi connectivity index (χ0n) is 7.46. The molecule has 1 atom stereocenters. The van der Waals surface area contributed by atoms with E-state index in [0.717, 1.165) is 0 Å². The number of rotatable bonds is 3. The molecule has 74 valence electrons. The summed E-state index contributed by atoms with van der Waals surface area (Å²) in [5.41, 5.74) is 0.899. The van der Waals surface area contributed by atoms with Crippen LogP contribution in [-0.2, 0) is 0 Å². The number of halogens is 2. The second-order valence-electron chi connectivity index (χ2n) is 2.84. The molecule has 0 N–H and O–H groups in total.